The summed E-state index contributed by atoms with van der Waals surface area (Å²) in [6, 6.07) is 0. The van der Waals surface area contributed by atoms with Crippen LogP contribution in [0, 0.1) is 0 Å². The minimum Gasteiger partial charge on any atom is -0.462 e. The van der Waals surface area contributed by atoms with E-state index in [0.29, 0.717) is 19.4 Å². The predicted molar refractivity (Wildman–Crippen MR) is 260 cm³/mol. The van der Waals surface area contributed by atoms with Gasteiger partial charge in [0.25, 0.3) is 0 Å². The van der Waals surface area contributed by atoms with Crippen molar-refractivity contribution in [3.05, 3.63) is 134 Å². The van der Waals surface area contributed by atoms with Crippen molar-refractivity contribution in [3.63, 3.8) is 0 Å². The Morgan fingerprint density at radius 3 is 1.15 bits per heavy atom. The molecule has 5 heteroatoms. The van der Waals surface area contributed by atoms with Gasteiger partial charge in [0, 0.05) is 19.4 Å². The van der Waals surface area contributed by atoms with Gasteiger partial charge in [0.05, 0.1) is 6.61 Å². The van der Waals surface area contributed by atoms with E-state index in [-0.39, 0.29) is 25.2 Å². The summed E-state index contributed by atoms with van der Waals surface area (Å²) < 4.78 is 17.2. The average Bonchev–Trinajstić information content (AvgIpc) is 3.25. The molecule has 336 valence electrons. The highest BCUT2D eigenvalue weighted by Crippen LogP contribution is 2.10. The molecule has 0 rings (SSSR count). The highest BCUT2D eigenvalue weighted by Gasteiger charge is 2.17. The van der Waals surface area contributed by atoms with Crippen LogP contribution in [0.3, 0.4) is 0 Å². The number of ether oxygens (including phenoxy) is 3. The van der Waals surface area contributed by atoms with Gasteiger partial charge in [0.1, 0.15) is 6.61 Å². The van der Waals surface area contributed by atoms with E-state index < -0.39 is 6.10 Å². The van der Waals surface area contributed by atoms with E-state index in [2.05, 4.69) is 154 Å². The summed E-state index contributed by atoms with van der Waals surface area (Å²) in [5.41, 5.74) is 0. The summed E-state index contributed by atoms with van der Waals surface area (Å²) in [7, 11) is 0. The van der Waals surface area contributed by atoms with Crippen molar-refractivity contribution in [3.8, 4) is 0 Å². The molecule has 0 aliphatic heterocycles. The van der Waals surface area contributed by atoms with Gasteiger partial charge in [-0.25, -0.2) is 0 Å². The van der Waals surface area contributed by atoms with Crippen LogP contribution in [0.15, 0.2) is 134 Å². The molecule has 0 saturated carbocycles. The van der Waals surface area contributed by atoms with E-state index in [1.54, 1.807) is 0 Å². The molecule has 0 spiro atoms. The molecule has 0 bridgehead atoms. The van der Waals surface area contributed by atoms with Crippen molar-refractivity contribution < 1.29 is 23.8 Å². The van der Waals surface area contributed by atoms with Gasteiger partial charge < -0.3 is 14.2 Å². The van der Waals surface area contributed by atoms with E-state index >= 15 is 0 Å². The van der Waals surface area contributed by atoms with Crippen LogP contribution < -0.4 is 0 Å². The van der Waals surface area contributed by atoms with E-state index in [0.717, 1.165) is 135 Å². The number of esters is 2. The topological polar surface area (TPSA) is 61.8 Å². The molecule has 0 aliphatic carbocycles. The van der Waals surface area contributed by atoms with Crippen molar-refractivity contribution in [2.75, 3.05) is 19.8 Å². The van der Waals surface area contributed by atoms with E-state index in [1.807, 2.05) is 0 Å². The number of unbranched alkanes of at least 4 members (excludes halogenated alkanes) is 8. The Labute approximate surface area is 369 Å². The Balaban J connectivity index is 4.47. The van der Waals surface area contributed by atoms with Crippen LogP contribution in [0.2, 0.25) is 0 Å². The molecule has 0 amide bonds. The molecule has 0 fully saturated rings. The summed E-state index contributed by atoms with van der Waals surface area (Å²) in [6.07, 6.45) is 70.3. The van der Waals surface area contributed by atoms with Crippen LogP contribution in [0.5, 0.6) is 0 Å². The third kappa shape index (κ3) is 46.7. The Morgan fingerprint density at radius 2 is 0.717 bits per heavy atom. The van der Waals surface area contributed by atoms with Crippen LogP contribution in [-0.4, -0.2) is 37.9 Å². The third-order valence-electron chi connectivity index (χ3n) is 9.16. The zero-order valence-corrected chi connectivity index (χ0v) is 38.4. The first-order valence-corrected chi connectivity index (χ1v) is 23.7. The second-order valence-electron chi connectivity index (χ2n) is 14.9. The molecule has 1 atom stereocenters. The van der Waals surface area contributed by atoms with Gasteiger partial charge in [0.2, 0.25) is 0 Å². The lowest BCUT2D eigenvalue weighted by molar-refractivity contribution is -0.163. The SMILES string of the molecule is CC/C=C\C/C=C\C/C=C\C/C=C\C/C=C\CCCC(=O)OCC(COCCCCCC/C=C\C/C=C\C/C=C\CC)OC(=O)CCCCC/C=C\C/C=C\C/C=C\CC. The highest BCUT2D eigenvalue weighted by molar-refractivity contribution is 5.70. The van der Waals surface area contributed by atoms with Crippen molar-refractivity contribution in [2.24, 2.45) is 0 Å². The van der Waals surface area contributed by atoms with Gasteiger partial charge in [-0.15, -0.1) is 0 Å². The summed E-state index contributed by atoms with van der Waals surface area (Å²) >= 11 is 0. The van der Waals surface area contributed by atoms with Crippen LogP contribution in [0.1, 0.15) is 175 Å². The number of hydrogen-bond donors (Lipinski definition) is 0. The molecular formula is C55H86O5. The average molecular weight is 827 g/mol. The molecule has 0 heterocycles. The number of carbonyl (C=O) groups excluding carboxylic acids is 2. The smallest absolute Gasteiger partial charge is 0.306 e. The second-order valence-corrected chi connectivity index (χ2v) is 14.9. The summed E-state index contributed by atoms with van der Waals surface area (Å²) in [4.78, 5) is 25.3. The Bertz CT molecular complexity index is 1300. The molecule has 0 N–H and O–H groups in total. The van der Waals surface area contributed by atoms with E-state index in [1.165, 1.54) is 6.42 Å². The van der Waals surface area contributed by atoms with Crippen LogP contribution >= 0.6 is 0 Å². The largest absolute Gasteiger partial charge is 0.462 e. The summed E-state index contributed by atoms with van der Waals surface area (Å²) in [6.45, 7) is 7.31. The molecule has 1 unspecified atom stereocenters. The number of rotatable bonds is 41. The number of hydrogen-bond acceptors (Lipinski definition) is 5. The quantitative estimate of drug-likeness (QED) is 0.0349. The van der Waals surface area contributed by atoms with E-state index in [9.17, 15) is 9.59 Å². The molecule has 0 radical (unpaired) electrons. The molecule has 0 aromatic heterocycles. The van der Waals surface area contributed by atoms with Crippen LogP contribution in [0.25, 0.3) is 0 Å². The standard InChI is InChI=1S/C55H86O5/c1-4-7-10-13-16-19-22-25-27-28-29-31-33-36-39-42-45-48-54(56)59-52-53(51-58-50-47-44-41-38-35-32-26-23-20-17-14-11-8-5-2)60-55(57)49-46-43-40-37-34-30-24-21-18-15-12-9-6-3/h7-12,16-21,25-27,29-32,34,36,39,53H,4-6,13-15,22-24,28,33,35,37-38,40-52H2,1-3H3/b10-7-,11-8-,12-9-,19-16-,20-17-,21-18-,27-25-,31-29-,32-26-,34-30-,39-36-. The maximum Gasteiger partial charge on any atom is 0.306 e. The molecule has 60 heavy (non-hydrogen) atoms. The maximum absolute atomic E-state index is 12.7. The molecule has 0 aliphatic rings. The lowest BCUT2D eigenvalue weighted by Crippen LogP contribution is -2.30. The summed E-state index contributed by atoms with van der Waals surface area (Å²) in [5, 5.41) is 0. The predicted octanol–water partition coefficient (Wildman–Crippen LogP) is 16.0. The van der Waals surface area contributed by atoms with Crippen LogP contribution in [0.4, 0.5) is 0 Å². The number of carbonyl (C=O) groups is 2. The van der Waals surface area contributed by atoms with Crippen molar-refractivity contribution >= 4 is 11.9 Å². The fraction of sp³-hybridized carbons (Fsp3) is 0.564. The minimum absolute atomic E-state index is 0.0251. The van der Waals surface area contributed by atoms with Crippen molar-refractivity contribution in [1.29, 1.82) is 0 Å². The zero-order valence-electron chi connectivity index (χ0n) is 38.4. The minimum atomic E-state index is -0.595. The van der Waals surface area contributed by atoms with Gasteiger partial charge in [-0.05, 0) is 122 Å². The fourth-order valence-electron chi connectivity index (χ4n) is 5.75. The van der Waals surface area contributed by atoms with Crippen molar-refractivity contribution in [1.82, 2.24) is 0 Å². The van der Waals surface area contributed by atoms with Crippen molar-refractivity contribution in [2.45, 2.75) is 181 Å². The molecule has 0 aromatic carbocycles. The first-order valence-electron chi connectivity index (χ1n) is 23.7. The molecule has 5 nitrogen and oxygen atoms in total. The van der Waals surface area contributed by atoms with Gasteiger partial charge >= 0.3 is 11.9 Å². The van der Waals surface area contributed by atoms with Gasteiger partial charge in [-0.1, -0.05) is 174 Å². The van der Waals surface area contributed by atoms with Gasteiger partial charge in [-0.2, -0.15) is 0 Å². The first kappa shape index (κ1) is 56.0. The number of allylic oxidation sites excluding steroid dienone is 22. The monoisotopic (exact) mass is 827 g/mol. The summed E-state index contributed by atoms with van der Waals surface area (Å²) in [5.74, 6) is -0.526. The van der Waals surface area contributed by atoms with Gasteiger partial charge in [0.15, 0.2) is 6.10 Å². The maximum atomic E-state index is 12.7. The zero-order chi connectivity index (χ0) is 43.5. The van der Waals surface area contributed by atoms with Gasteiger partial charge in [-0.3, -0.25) is 9.59 Å². The molecular weight excluding hydrogens is 741 g/mol. The normalized spacial score (nSPS) is 13.4. The van der Waals surface area contributed by atoms with E-state index in [4.69, 9.17) is 14.2 Å². The molecule has 0 saturated heterocycles. The Kier molecular flexibility index (Phi) is 46.1. The van der Waals surface area contributed by atoms with Crippen LogP contribution in [-0.2, 0) is 23.8 Å². The lowest BCUT2D eigenvalue weighted by atomic mass is 10.1. The Morgan fingerprint density at radius 1 is 0.367 bits per heavy atom. The third-order valence-corrected chi connectivity index (χ3v) is 9.16. The molecule has 0 aromatic rings. The second kappa shape index (κ2) is 49.4. The fourth-order valence-corrected chi connectivity index (χ4v) is 5.75. The first-order chi connectivity index (χ1) is 29.6. The lowest BCUT2D eigenvalue weighted by Gasteiger charge is -2.18. The Hall–Kier alpha value is -3.96. The highest BCUT2D eigenvalue weighted by atomic mass is 16.6.